The van der Waals surface area contributed by atoms with E-state index in [2.05, 4.69) is 33.0 Å². The van der Waals surface area contributed by atoms with Crippen molar-refractivity contribution in [2.24, 2.45) is 5.41 Å². The molecule has 4 aromatic rings. The van der Waals surface area contributed by atoms with E-state index in [1.807, 2.05) is 50.9 Å². The number of aromatic nitrogens is 4. The summed E-state index contributed by atoms with van der Waals surface area (Å²) in [6.07, 6.45) is 5.22. The number of aryl methyl sites for hydroxylation is 1. The third-order valence-electron chi connectivity index (χ3n) is 10.5. The average Bonchev–Trinajstić information content (AvgIpc) is 3.56. The van der Waals surface area contributed by atoms with Crippen LogP contribution in [0.5, 0.6) is 11.8 Å². The van der Waals surface area contributed by atoms with Gasteiger partial charge in [-0.1, -0.05) is 17.7 Å². The lowest BCUT2D eigenvalue weighted by Gasteiger charge is -2.53. The number of likely N-dealkylation sites (tertiary alicyclic amines) is 2. The summed E-state index contributed by atoms with van der Waals surface area (Å²) in [4.78, 5) is 29.5. The van der Waals surface area contributed by atoms with Gasteiger partial charge in [-0.2, -0.15) is 15.1 Å². The van der Waals surface area contributed by atoms with Crippen LogP contribution in [-0.4, -0.2) is 114 Å². The van der Waals surface area contributed by atoms with Crippen molar-refractivity contribution in [3.8, 4) is 22.9 Å². The average molecular weight is 720 g/mol. The number of fused-ring (bicyclic) bond motifs is 2. The summed E-state index contributed by atoms with van der Waals surface area (Å²) in [5.41, 5.74) is 3.96. The summed E-state index contributed by atoms with van der Waals surface area (Å²) >= 11 is 7.26. The molecular weight excluding hydrogens is 670 g/mol. The van der Waals surface area contributed by atoms with Gasteiger partial charge in [0.1, 0.15) is 23.0 Å². The molecule has 3 fully saturated rings. The van der Waals surface area contributed by atoms with E-state index in [4.69, 9.17) is 40.5 Å². The van der Waals surface area contributed by atoms with Crippen LogP contribution in [0.15, 0.2) is 24.4 Å². The lowest BCUT2D eigenvalue weighted by atomic mass is 9.72. The minimum absolute atomic E-state index is 0.00299. The molecule has 3 aliphatic heterocycles. The number of benzene rings is 2. The topological polar surface area (TPSA) is 118 Å². The van der Waals surface area contributed by atoms with Gasteiger partial charge in [-0.15, -0.1) is 0 Å². The Hall–Kier alpha value is -3.87. The zero-order valence-electron chi connectivity index (χ0n) is 30.7. The Kier molecular flexibility index (Phi) is 9.94. The van der Waals surface area contributed by atoms with Crippen LogP contribution in [-0.2, 0) is 9.47 Å². The Morgan fingerprint density at radius 2 is 1.80 bits per heavy atom. The van der Waals surface area contributed by atoms with Gasteiger partial charge in [-0.3, -0.25) is 5.10 Å². The number of nitrogens with one attached hydrogen (secondary N) is 1. The number of halogens is 1. The van der Waals surface area contributed by atoms with E-state index < -0.39 is 5.60 Å². The molecule has 1 spiro atoms. The van der Waals surface area contributed by atoms with Crippen LogP contribution in [0.1, 0.15) is 58.9 Å². The number of rotatable bonds is 9. The minimum Gasteiger partial charge on any atom is -0.491 e. The van der Waals surface area contributed by atoms with Crippen LogP contribution >= 0.6 is 11.6 Å². The number of piperidine rings is 2. The molecular formula is C38H50ClN7O5. The maximum Gasteiger partial charge on any atom is 0.410 e. The fourth-order valence-corrected chi connectivity index (χ4v) is 8.08. The highest BCUT2D eigenvalue weighted by molar-refractivity contribution is 6.35. The molecule has 0 radical (unpaired) electrons. The lowest BCUT2D eigenvalue weighted by Crippen LogP contribution is -2.62. The SMILES string of the molecule is CCOc1c(-c2c(C)ccc3[nH]ncc23)c(Cl)cc2c(N3CCC4(CC3)CN(C(=O)OC(C)(C)C)C4)nc(OC3CCN(CCOC)CC3)nc12. The van der Waals surface area contributed by atoms with Gasteiger partial charge < -0.3 is 33.6 Å². The predicted octanol–water partition coefficient (Wildman–Crippen LogP) is 6.86. The number of anilines is 1. The zero-order valence-corrected chi connectivity index (χ0v) is 31.4. The van der Waals surface area contributed by atoms with Gasteiger partial charge in [0.2, 0.25) is 0 Å². The Labute approximate surface area is 304 Å². The van der Waals surface area contributed by atoms with Gasteiger partial charge in [-0.05, 0) is 78.0 Å². The molecule has 13 heteroatoms. The predicted molar refractivity (Wildman–Crippen MR) is 199 cm³/mol. The van der Waals surface area contributed by atoms with Crippen molar-refractivity contribution < 1.29 is 23.7 Å². The van der Waals surface area contributed by atoms with Crippen molar-refractivity contribution in [3.63, 3.8) is 0 Å². The highest BCUT2D eigenvalue weighted by atomic mass is 35.5. The number of carbonyl (C=O) groups excluding carboxylic acids is 1. The van der Waals surface area contributed by atoms with Gasteiger partial charge in [0.05, 0.1) is 29.9 Å². The van der Waals surface area contributed by atoms with Crippen LogP contribution in [0.2, 0.25) is 5.02 Å². The Bertz CT molecular complexity index is 1890. The summed E-state index contributed by atoms with van der Waals surface area (Å²) in [5, 5.41) is 9.77. The van der Waals surface area contributed by atoms with Crippen LogP contribution in [0.4, 0.5) is 10.6 Å². The number of hydrogen-bond donors (Lipinski definition) is 1. The first-order valence-electron chi connectivity index (χ1n) is 18.2. The smallest absolute Gasteiger partial charge is 0.410 e. The number of methoxy groups -OCH3 is 1. The van der Waals surface area contributed by atoms with Crippen molar-refractivity contribution in [2.75, 3.05) is 71.0 Å². The largest absolute Gasteiger partial charge is 0.491 e. The molecule has 2 aromatic carbocycles. The van der Waals surface area contributed by atoms with Gasteiger partial charge >= 0.3 is 12.1 Å². The lowest BCUT2D eigenvalue weighted by molar-refractivity contribution is -0.0434. The third kappa shape index (κ3) is 7.27. The van der Waals surface area contributed by atoms with E-state index in [0.717, 1.165) is 104 Å². The molecule has 1 amide bonds. The molecule has 12 nitrogen and oxygen atoms in total. The normalized spacial score (nSPS) is 18.4. The maximum atomic E-state index is 12.7. The molecule has 0 aliphatic carbocycles. The second-order valence-corrected chi connectivity index (χ2v) is 15.7. The highest BCUT2D eigenvalue weighted by Crippen LogP contribution is 2.48. The summed E-state index contributed by atoms with van der Waals surface area (Å²) in [6, 6.07) is 6.43. The maximum absolute atomic E-state index is 12.7. The summed E-state index contributed by atoms with van der Waals surface area (Å²) in [5.74, 6) is 1.40. The molecule has 1 N–H and O–H groups in total. The van der Waals surface area contributed by atoms with E-state index in [1.165, 1.54) is 0 Å². The van der Waals surface area contributed by atoms with E-state index in [9.17, 15) is 4.79 Å². The molecule has 51 heavy (non-hydrogen) atoms. The van der Waals surface area contributed by atoms with Crippen molar-refractivity contribution in [1.29, 1.82) is 0 Å². The molecule has 0 bridgehead atoms. The van der Waals surface area contributed by atoms with Crippen LogP contribution in [0.3, 0.4) is 0 Å². The second kappa shape index (κ2) is 14.3. The molecule has 0 atom stereocenters. The van der Waals surface area contributed by atoms with Gasteiger partial charge in [-0.25, -0.2) is 4.79 Å². The van der Waals surface area contributed by atoms with Crippen LogP contribution in [0, 0.1) is 12.3 Å². The number of ether oxygens (including phenoxy) is 4. The molecule has 7 rings (SSSR count). The number of amides is 1. The molecule has 3 saturated heterocycles. The van der Waals surface area contributed by atoms with Gasteiger partial charge in [0.15, 0.2) is 5.75 Å². The van der Waals surface area contributed by atoms with Crippen molar-refractivity contribution in [3.05, 3.63) is 35.0 Å². The van der Waals surface area contributed by atoms with E-state index >= 15 is 0 Å². The fraction of sp³-hybridized carbons (Fsp3) is 0.579. The first kappa shape index (κ1) is 35.5. The van der Waals surface area contributed by atoms with Crippen molar-refractivity contribution in [2.45, 2.75) is 72.0 Å². The molecule has 0 unspecified atom stereocenters. The Morgan fingerprint density at radius 1 is 1.06 bits per heavy atom. The number of carbonyl (C=O) groups is 1. The monoisotopic (exact) mass is 719 g/mol. The molecule has 0 saturated carbocycles. The Morgan fingerprint density at radius 3 is 2.49 bits per heavy atom. The summed E-state index contributed by atoms with van der Waals surface area (Å²) < 4.78 is 24.0. The Balaban J connectivity index is 1.24. The van der Waals surface area contributed by atoms with Crippen LogP contribution < -0.4 is 14.4 Å². The quantitative estimate of drug-likeness (QED) is 0.197. The fourth-order valence-electron chi connectivity index (χ4n) is 7.79. The molecule has 5 heterocycles. The summed E-state index contributed by atoms with van der Waals surface area (Å²) in [6.45, 7) is 16.7. The molecule has 3 aliphatic rings. The first-order chi connectivity index (χ1) is 24.5. The van der Waals surface area contributed by atoms with Gasteiger partial charge in [0, 0.05) is 80.2 Å². The zero-order chi connectivity index (χ0) is 35.9. The van der Waals surface area contributed by atoms with E-state index in [0.29, 0.717) is 42.0 Å². The van der Waals surface area contributed by atoms with Crippen molar-refractivity contribution >= 4 is 45.3 Å². The molecule has 2 aromatic heterocycles. The molecule has 274 valence electrons. The minimum atomic E-state index is -0.511. The second-order valence-electron chi connectivity index (χ2n) is 15.3. The highest BCUT2D eigenvalue weighted by Gasteiger charge is 2.48. The van der Waals surface area contributed by atoms with E-state index in [1.54, 1.807) is 7.11 Å². The number of H-pyrrole nitrogens is 1. The summed E-state index contributed by atoms with van der Waals surface area (Å²) in [7, 11) is 1.74. The standard InChI is InChI=1S/C38H50ClN7O5/c1-7-49-33-31(30-24(2)8-9-29-27(30)21-40-43-29)28(39)20-26-32(33)41-35(50-25-10-14-44(15-11-25)18-19-48-6)42-34(26)45-16-12-38(13-17-45)22-46(23-38)36(47)51-37(3,4)5/h8-9,20-21,25H,7,10-19,22-23H2,1-6H3,(H,40,43). The van der Waals surface area contributed by atoms with Crippen LogP contribution in [0.25, 0.3) is 32.9 Å². The number of aromatic amines is 1. The number of hydrogen-bond acceptors (Lipinski definition) is 10. The first-order valence-corrected chi connectivity index (χ1v) is 18.6. The van der Waals surface area contributed by atoms with Crippen molar-refractivity contribution in [1.82, 2.24) is 30.0 Å². The van der Waals surface area contributed by atoms with Gasteiger partial charge in [0.25, 0.3) is 0 Å². The van der Waals surface area contributed by atoms with E-state index in [-0.39, 0.29) is 17.6 Å². The third-order valence-corrected chi connectivity index (χ3v) is 10.8. The number of nitrogens with zero attached hydrogens (tertiary/aromatic N) is 6.